The Morgan fingerprint density at radius 3 is 2.63 bits per heavy atom. The third-order valence-electron chi connectivity index (χ3n) is 4.02. The van der Waals surface area contributed by atoms with Crippen LogP contribution < -0.4 is 15.4 Å². The number of benzene rings is 1. The Labute approximate surface area is 179 Å². The number of aryl methyl sites for hydroxylation is 1. The first kappa shape index (κ1) is 21.5. The van der Waals surface area contributed by atoms with E-state index in [0.29, 0.717) is 29.7 Å². The lowest BCUT2D eigenvalue weighted by Crippen LogP contribution is -2.18. The maximum atomic E-state index is 11.7. The molecular formula is C21H23N5O3S. The number of amides is 1. The van der Waals surface area contributed by atoms with Gasteiger partial charge in [0.2, 0.25) is 5.95 Å². The van der Waals surface area contributed by atoms with Crippen LogP contribution in [-0.2, 0) is 4.74 Å². The van der Waals surface area contributed by atoms with Gasteiger partial charge in [-0.3, -0.25) is 9.78 Å². The van der Waals surface area contributed by atoms with Crippen LogP contribution in [0.2, 0.25) is 0 Å². The van der Waals surface area contributed by atoms with Gasteiger partial charge in [0.05, 0.1) is 12.3 Å². The third-order valence-corrected chi connectivity index (χ3v) is 5.10. The van der Waals surface area contributed by atoms with Gasteiger partial charge in [0, 0.05) is 49.0 Å². The molecule has 0 saturated carbocycles. The van der Waals surface area contributed by atoms with Crippen molar-refractivity contribution in [1.82, 2.24) is 20.3 Å². The number of methoxy groups -OCH3 is 1. The Morgan fingerprint density at radius 2 is 1.93 bits per heavy atom. The highest BCUT2D eigenvalue weighted by Gasteiger charge is 2.08. The molecule has 1 aromatic carbocycles. The molecule has 1 amide bonds. The van der Waals surface area contributed by atoms with Gasteiger partial charge in [0.25, 0.3) is 5.91 Å². The van der Waals surface area contributed by atoms with E-state index in [0.717, 1.165) is 22.0 Å². The van der Waals surface area contributed by atoms with Crippen molar-refractivity contribution in [2.24, 2.45) is 0 Å². The van der Waals surface area contributed by atoms with Crippen molar-refractivity contribution in [1.29, 1.82) is 0 Å². The normalized spacial score (nSPS) is 10.5. The first-order valence-corrected chi connectivity index (χ1v) is 10.3. The van der Waals surface area contributed by atoms with E-state index in [9.17, 15) is 4.79 Å². The van der Waals surface area contributed by atoms with Gasteiger partial charge in [-0.05, 0) is 37.3 Å². The summed E-state index contributed by atoms with van der Waals surface area (Å²) in [5.74, 6) is 2.29. The molecule has 0 bridgehead atoms. The molecule has 3 aromatic rings. The number of hydrogen-bond donors (Lipinski definition) is 2. The minimum absolute atomic E-state index is 0.265. The topological polar surface area (TPSA) is 98.3 Å². The summed E-state index contributed by atoms with van der Waals surface area (Å²) < 4.78 is 10.9. The first-order valence-electron chi connectivity index (χ1n) is 9.27. The van der Waals surface area contributed by atoms with Gasteiger partial charge in [-0.1, -0.05) is 0 Å². The molecule has 0 unspecified atom stereocenters. The van der Waals surface area contributed by atoms with Crippen molar-refractivity contribution in [3.05, 3.63) is 60.2 Å². The third kappa shape index (κ3) is 5.91. The number of rotatable bonds is 9. The van der Waals surface area contributed by atoms with Crippen molar-refractivity contribution in [2.45, 2.75) is 11.8 Å². The van der Waals surface area contributed by atoms with Crippen molar-refractivity contribution < 1.29 is 14.3 Å². The number of pyridine rings is 1. The zero-order chi connectivity index (χ0) is 21.3. The molecule has 2 N–H and O–H groups in total. The minimum atomic E-state index is -0.265. The fourth-order valence-corrected chi connectivity index (χ4v) is 3.34. The Morgan fingerprint density at radius 1 is 1.13 bits per heavy atom. The average Bonchev–Trinajstić information content (AvgIpc) is 2.76. The summed E-state index contributed by atoms with van der Waals surface area (Å²) in [4.78, 5) is 25.6. The quantitative estimate of drug-likeness (QED) is 0.394. The molecule has 8 nitrogen and oxygen atoms in total. The van der Waals surface area contributed by atoms with Crippen molar-refractivity contribution in [3.8, 4) is 11.5 Å². The molecule has 2 heterocycles. The number of ether oxygens (including phenoxy) is 2. The van der Waals surface area contributed by atoms with E-state index in [1.54, 1.807) is 38.1 Å². The summed E-state index contributed by atoms with van der Waals surface area (Å²) in [6, 6.07) is 10.7. The van der Waals surface area contributed by atoms with Crippen molar-refractivity contribution >= 4 is 29.3 Å². The SMILES string of the molecule is CNC(=O)c1cc(Oc2ccc(Nc3ncc(SCCOC)c(C)n3)cc2)ccn1. The van der Waals surface area contributed by atoms with E-state index in [-0.39, 0.29) is 5.91 Å². The van der Waals surface area contributed by atoms with Crippen LogP contribution in [0.4, 0.5) is 11.6 Å². The van der Waals surface area contributed by atoms with Gasteiger partial charge in [0.1, 0.15) is 17.2 Å². The van der Waals surface area contributed by atoms with Crippen LogP contribution >= 0.6 is 11.8 Å². The zero-order valence-electron chi connectivity index (χ0n) is 17.0. The van der Waals surface area contributed by atoms with Crippen LogP contribution in [0.5, 0.6) is 11.5 Å². The highest BCUT2D eigenvalue weighted by atomic mass is 32.2. The number of thioether (sulfide) groups is 1. The lowest BCUT2D eigenvalue weighted by atomic mass is 10.3. The van der Waals surface area contributed by atoms with Gasteiger partial charge >= 0.3 is 0 Å². The van der Waals surface area contributed by atoms with E-state index >= 15 is 0 Å². The maximum Gasteiger partial charge on any atom is 0.269 e. The fourth-order valence-electron chi connectivity index (χ4n) is 2.49. The minimum Gasteiger partial charge on any atom is -0.457 e. The smallest absolute Gasteiger partial charge is 0.269 e. The summed E-state index contributed by atoms with van der Waals surface area (Å²) in [6.45, 7) is 2.64. The summed E-state index contributed by atoms with van der Waals surface area (Å²) in [5.41, 5.74) is 2.05. The van der Waals surface area contributed by atoms with Gasteiger partial charge in [-0.2, -0.15) is 0 Å². The summed E-state index contributed by atoms with van der Waals surface area (Å²) in [6.07, 6.45) is 3.35. The molecule has 0 fully saturated rings. The van der Waals surface area contributed by atoms with Gasteiger partial charge in [0.15, 0.2) is 0 Å². The predicted octanol–water partition coefficient (Wildman–Crippen LogP) is 3.81. The van der Waals surface area contributed by atoms with Crippen molar-refractivity contribution in [2.75, 3.05) is 31.8 Å². The van der Waals surface area contributed by atoms with Gasteiger partial charge in [-0.15, -0.1) is 11.8 Å². The van der Waals surface area contributed by atoms with E-state index in [2.05, 4.69) is 25.6 Å². The monoisotopic (exact) mass is 425 g/mol. The Hall–Kier alpha value is -3.17. The number of nitrogens with one attached hydrogen (secondary N) is 2. The van der Waals surface area contributed by atoms with E-state index in [1.807, 2.05) is 37.4 Å². The molecular weight excluding hydrogens is 402 g/mol. The number of hydrogen-bond acceptors (Lipinski definition) is 8. The molecule has 0 atom stereocenters. The molecule has 9 heteroatoms. The van der Waals surface area contributed by atoms with Gasteiger partial charge in [-0.25, -0.2) is 9.97 Å². The predicted molar refractivity (Wildman–Crippen MR) is 117 cm³/mol. The number of carbonyl (C=O) groups is 1. The fraction of sp³-hybridized carbons (Fsp3) is 0.238. The molecule has 0 aliphatic carbocycles. The summed E-state index contributed by atoms with van der Waals surface area (Å²) >= 11 is 1.67. The highest BCUT2D eigenvalue weighted by molar-refractivity contribution is 7.99. The molecule has 2 aromatic heterocycles. The molecule has 3 rings (SSSR count). The number of anilines is 2. The van der Waals surface area contributed by atoms with Crippen LogP contribution in [0, 0.1) is 6.92 Å². The van der Waals surface area contributed by atoms with Crippen LogP contribution in [0.1, 0.15) is 16.2 Å². The first-order chi connectivity index (χ1) is 14.6. The number of aromatic nitrogens is 3. The second kappa shape index (κ2) is 10.6. The standard InChI is InChI=1S/C21H23N5O3S/c1-14-19(30-11-10-28-3)13-24-21(25-14)26-15-4-6-16(7-5-15)29-17-8-9-23-18(12-17)20(27)22-2/h4-9,12-13H,10-11H2,1-3H3,(H,22,27)(H,24,25,26). The Balaban J connectivity index is 1.62. The van der Waals surface area contributed by atoms with E-state index in [1.165, 1.54) is 6.20 Å². The van der Waals surface area contributed by atoms with Crippen LogP contribution in [0.25, 0.3) is 0 Å². The number of carbonyl (C=O) groups excluding carboxylic acids is 1. The molecule has 0 radical (unpaired) electrons. The van der Waals surface area contributed by atoms with E-state index in [4.69, 9.17) is 9.47 Å². The summed E-state index contributed by atoms with van der Waals surface area (Å²) in [7, 11) is 3.24. The lowest BCUT2D eigenvalue weighted by molar-refractivity contribution is 0.0958. The Bertz CT molecular complexity index is 998. The Kier molecular flexibility index (Phi) is 7.58. The van der Waals surface area contributed by atoms with Crippen LogP contribution in [-0.4, -0.2) is 47.4 Å². The largest absolute Gasteiger partial charge is 0.457 e. The summed E-state index contributed by atoms with van der Waals surface area (Å²) in [5, 5.41) is 5.73. The van der Waals surface area contributed by atoms with Crippen LogP contribution in [0.15, 0.2) is 53.7 Å². The maximum absolute atomic E-state index is 11.7. The molecule has 0 saturated heterocycles. The average molecular weight is 426 g/mol. The highest BCUT2D eigenvalue weighted by Crippen LogP contribution is 2.25. The molecule has 0 aliphatic heterocycles. The van der Waals surface area contributed by atoms with Crippen LogP contribution in [0.3, 0.4) is 0 Å². The second-order valence-electron chi connectivity index (χ2n) is 6.19. The molecule has 0 aliphatic rings. The number of nitrogens with zero attached hydrogens (tertiary/aromatic N) is 3. The van der Waals surface area contributed by atoms with Gasteiger partial charge < -0.3 is 20.1 Å². The zero-order valence-corrected chi connectivity index (χ0v) is 17.8. The lowest BCUT2D eigenvalue weighted by Gasteiger charge is -2.10. The molecule has 0 spiro atoms. The molecule has 30 heavy (non-hydrogen) atoms. The van der Waals surface area contributed by atoms with E-state index < -0.39 is 0 Å². The second-order valence-corrected chi connectivity index (χ2v) is 7.33. The molecule has 156 valence electrons. The van der Waals surface area contributed by atoms with Crippen molar-refractivity contribution in [3.63, 3.8) is 0 Å².